The molecule has 7 nitrogen and oxygen atoms in total. The van der Waals surface area contributed by atoms with E-state index in [0.717, 1.165) is 70.0 Å². The zero-order valence-corrected chi connectivity index (χ0v) is 13.7. The normalized spacial score (nSPS) is 34.2. The molecule has 130 valence electrons. The van der Waals surface area contributed by atoms with Crippen LogP contribution in [-0.2, 0) is 4.79 Å². The maximum atomic E-state index is 12.3. The third-order valence-corrected chi connectivity index (χ3v) is 5.50. The number of carbonyl (C=O) groups excluding carboxylic acids is 1. The van der Waals surface area contributed by atoms with E-state index >= 15 is 0 Å². The molecule has 1 aliphatic heterocycles. The molecule has 1 heterocycles. The van der Waals surface area contributed by atoms with Crippen LogP contribution in [0.4, 0.5) is 0 Å². The lowest BCUT2D eigenvalue weighted by Gasteiger charge is -2.32. The van der Waals surface area contributed by atoms with Gasteiger partial charge in [0.05, 0.1) is 12.0 Å². The molecule has 0 aromatic rings. The van der Waals surface area contributed by atoms with E-state index in [1.165, 1.54) is 0 Å². The molecule has 2 atom stereocenters. The second kappa shape index (κ2) is 7.97. The van der Waals surface area contributed by atoms with E-state index in [4.69, 9.17) is 0 Å². The van der Waals surface area contributed by atoms with Crippen molar-refractivity contribution in [3.63, 3.8) is 0 Å². The number of hydrogen-bond donors (Lipinski definition) is 5. The largest absolute Gasteiger partial charge is 0.392 e. The zero-order valence-electron chi connectivity index (χ0n) is 13.7. The third kappa shape index (κ3) is 4.57. The molecule has 2 unspecified atom stereocenters. The predicted molar refractivity (Wildman–Crippen MR) is 87.9 cm³/mol. The van der Waals surface area contributed by atoms with E-state index in [0.29, 0.717) is 5.92 Å². The quantitative estimate of drug-likeness (QED) is 0.518. The lowest BCUT2D eigenvalue weighted by molar-refractivity contribution is -0.131. The number of nitrogens with zero attached hydrogens (tertiary/aromatic N) is 1. The van der Waals surface area contributed by atoms with Crippen LogP contribution in [0.25, 0.3) is 0 Å². The number of nitrogens with one attached hydrogen (secondary N) is 4. The summed E-state index contributed by atoms with van der Waals surface area (Å²) in [6, 6.07) is 0.290. The van der Waals surface area contributed by atoms with Gasteiger partial charge in [-0.05, 0) is 50.9 Å². The highest BCUT2D eigenvalue weighted by molar-refractivity contribution is 5.82. The number of aliphatic hydroxyl groups excluding tert-OH is 1. The molecule has 2 saturated carbocycles. The molecule has 0 radical (unpaired) electrons. The number of aliphatic hydroxyl groups is 1. The first-order valence-electron chi connectivity index (χ1n) is 9.03. The van der Waals surface area contributed by atoms with Gasteiger partial charge in [0.2, 0.25) is 5.91 Å². The van der Waals surface area contributed by atoms with E-state index in [1.54, 1.807) is 0 Å². The Morgan fingerprint density at radius 2 is 1.96 bits per heavy atom. The summed E-state index contributed by atoms with van der Waals surface area (Å²) in [5, 5.41) is 17.3. The van der Waals surface area contributed by atoms with Crippen LogP contribution in [0, 0.1) is 11.8 Å². The van der Waals surface area contributed by atoms with E-state index in [9.17, 15) is 9.90 Å². The lowest BCUT2D eigenvalue weighted by atomic mass is 9.82. The van der Waals surface area contributed by atoms with Gasteiger partial charge >= 0.3 is 0 Å². The van der Waals surface area contributed by atoms with Crippen LogP contribution >= 0.6 is 0 Å². The van der Waals surface area contributed by atoms with Gasteiger partial charge in [-0.3, -0.25) is 10.2 Å². The van der Waals surface area contributed by atoms with Gasteiger partial charge in [0.1, 0.15) is 5.84 Å². The number of amides is 1. The van der Waals surface area contributed by atoms with E-state index in [1.807, 2.05) is 0 Å². The van der Waals surface area contributed by atoms with Gasteiger partial charge in [-0.1, -0.05) is 12.8 Å². The SMILES string of the molecule is O=C(NC1CCC(CCC2=NNNN2)CC1)C1CCCCC1O. The second-order valence-corrected chi connectivity index (χ2v) is 7.14. The van der Waals surface area contributed by atoms with Crippen LogP contribution in [0.1, 0.15) is 64.2 Å². The van der Waals surface area contributed by atoms with Crippen molar-refractivity contribution in [2.75, 3.05) is 0 Å². The van der Waals surface area contributed by atoms with Gasteiger partial charge in [0.25, 0.3) is 0 Å². The smallest absolute Gasteiger partial charge is 0.225 e. The van der Waals surface area contributed by atoms with Crippen molar-refractivity contribution >= 4 is 11.7 Å². The number of hydrazine groups is 2. The summed E-state index contributed by atoms with van der Waals surface area (Å²) in [5.41, 5.74) is 8.41. The standard InChI is InChI=1S/C16H29N5O2/c22-14-4-2-1-3-13(14)16(23)17-12-8-5-11(6-9-12)7-10-15-18-20-21-19-15/h11-14,20-22H,1-10H2,(H,17,23)(H,18,19). The van der Waals surface area contributed by atoms with Crippen LogP contribution in [0.5, 0.6) is 0 Å². The molecule has 0 bridgehead atoms. The topological polar surface area (TPSA) is 97.8 Å². The fourth-order valence-electron chi connectivity index (χ4n) is 4.00. The summed E-state index contributed by atoms with van der Waals surface area (Å²) >= 11 is 0. The van der Waals surface area contributed by atoms with Crippen LogP contribution < -0.4 is 21.8 Å². The highest BCUT2D eigenvalue weighted by Gasteiger charge is 2.31. The van der Waals surface area contributed by atoms with E-state index in [2.05, 4.69) is 26.9 Å². The molecule has 0 aromatic heterocycles. The molecule has 1 amide bonds. The fraction of sp³-hybridized carbons (Fsp3) is 0.875. The van der Waals surface area contributed by atoms with E-state index in [-0.39, 0.29) is 17.9 Å². The van der Waals surface area contributed by atoms with Crippen LogP contribution in [0.15, 0.2) is 5.10 Å². The molecular weight excluding hydrogens is 294 g/mol. The molecule has 0 spiro atoms. The fourth-order valence-corrected chi connectivity index (χ4v) is 4.00. The molecule has 23 heavy (non-hydrogen) atoms. The van der Waals surface area contributed by atoms with Gasteiger partial charge in [-0.2, -0.15) is 0 Å². The molecule has 3 aliphatic rings. The minimum atomic E-state index is -0.443. The molecule has 0 aromatic carbocycles. The second-order valence-electron chi connectivity index (χ2n) is 7.14. The Morgan fingerprint density at radius 3 is 2.65 bits per heavy atom. The first kappa shape index (κ1) is 16.5. The van der Waals surface area contributed by atoms with Crippen molar-refractivity contribution in [1.29, 1.82) is 0 Å². The average molecular weight is 323 g/mol. The minimum Gasteiger partial charge on any atom is -0.392 e. The van der Waals surface area contributed by atoms with Gasteiger partial charge in [0.15, 0.2) is 0 Å². The molecule has 0 saturated heterocycles. The minimum absolute atomic E-state index is 0.0716. The van der Waals surface area contributed by atoms with E-state index < -0.39 is 6.10 Å². The first-order chi connectivity index (χ1) is 11.2. The number of hydrogen-bond acceptors (Lipinski definition) is 6. The summed E-state index contributed by atoms with van der Waals surface area (Å²) in [5.74, 6) is 1.57. The van der Waals surface area contributed by atoms with Crippen molar-refractivity contribution < 1.29 is 9.90 Å². The number of carbonyl (C=O) groups is 1. The Labute approximate surface area is 137 Å². The molecule has 3 rings (SSSR count). The van der Waals surface area contributed by atoms with Gasteiger partial charge < -0.3 is 10.4 Å². The summed E-state index contributed by atoms with van der Waals surface area (Å²) in [6.07, 6.45) is 9.77. The number of rotatable bonds is 5. The van der Waals surface area contributed by atoms with Gasteiger partial charge in [-0.15, -0.1) is 10.6 Å². The zero-order chi connectivity index (χ0) is 16.1. The molecule has 2 aliphatic carbocycles. The van der Waals surface area contributed by atoms with Crippen molar-refractivity contribution in [1.82, 2.24) is 21.8 Å². The molecule has 2 fully saturated rings. The molecular formula is C16H29N5O2. The monoisotopic (exact) mass is 323 g/mol. The Hall–Kier alpha value is -1.34. The number of hydrazone groups is 1. The van der Waals surface area contributed by atoms with Crippen molar-refractivity contribution in [3.8, 4) is 0 Å². The molecule has 5 N–H and O–H groups in total. The highest BCUT2D eigenvalue weighted by atomic mass is 16.3. The predicted octanol–water partition coefficient (Wildman–Crippen LogP) is 0.919. The van der Waals surface area contributed by atoms with Crippen LogP contribution in [-0.4, -0.2) is 29.0 Å². The summed E-state index contributed by atoms with van der Waals surface area (Å²) in [6.45, 7) is 0. The third-order valence-electron chi connectivity index (χ3n) is 5.50. The Bertz CT molecular complexity index is 434. The Balaban J connectivity index is 1.36. The Kier molecular flexibility index (Phi) is 5.72. The van der Waals surface area contributed by atoms with Gasteiger partial charge in [0, 0.05) is 12.5 Å². The lowest BCUT2D eigenvalue weighted by Crippen LogP contribution is -2.45. The summed E-state index contributed by atoms with van der Waals surface area (Å²) < 4.78 is 0. The number of amidine groups is 1. The Morgan fingerprint density at radius 1 is 1.17 bits per heavy atom. The summed E-state index contributed by atoms with van der Waals surface area (Å²) in [7, 11) is 0. The van der Waals surface area contributed by atoms with Gasteiger partial charge in [-0.25, -0.2) is 5.53 Å². The molecule has 7 heteroatoms. The van der Waals surface area contributed by atoms with Crippen molar-refractivity contribution in [2.24, 2.45) is 16.9 Å². The average Bonchev–Trinajstić information content (AvgIpc) is 3.08. The van der Waals surface area contributed by atoms with Crippen molar-refractivity contribution in [2.45, 2.75) is 76.4 Å². The maximum absolute atomic E-state index is 12.3. The highest BCUT2D eigenvalue weighted by Crippen LogP contribution is 2.29. The first-order valence-corrected chi connectivity index (χ1v) is 9.03. The van der Waals surface area contributed by atoms with Crippen molar-refractivity contribution in [3.05, 3.63) is 0 Å². The van der Waals surface area contributed by atoms with Crippen LogP contribution in [0.2, 0.25) is 0 Å². The maximum Gasteiger partial charge on any atom is 0.225 e. The van der Waals surface area contributed by atoms with Crippen LogP contribution in [0.3, 0.4) is 0 Å². The summed E-state index contributed by atoms with van der Waals surface area (Å²) in [4.78, 5) is 12.3.